The fraction of sp³-hybridized carbons (Fsp3) is 0. The molecule has 32 heavy (non-hydrogen) atoms. The fourth-order valence-corrected chi connectivity index (χ4v) is 3.60. The van der Waals surface area contributed by atoms with E-state index in [9.17, 15) is 13.2 Å². The van der Waals surface area contributed by atoms with Crippen molar-refractivity contribution in [1.29, 1.82) is 0 Å². The minimum Gasteiger partial charge on any atom is -0.308 e. The lowest BCUT2D eigenvalue weighted by atomic mass is 10.2. The predicted octanol–water partition coefficient (Wildman–Crippen LogP) is 3.88. The zero-order valence-electron chi connectivity index (χ0n) is 16.4. The number of hydrogen-bond donors (Lipinski definition) is 3. The van der Waals surface area contributed by atoms with Crippen LogP contribution in [0.4, 0.5) is 16.4 Å². The molecule has 0 aliphatic heterocycles. The minimum atomic E-state index is -3.90. The van der Waals surface area contributed by atoms with E-state index < -0.39 is 16.1 Å². The molecule has 0 unspecified atom stereocenters. The highest BCUT2D eigenvalue weighted by Gasteiger charge is 2.16. The Morgan fingerprint density at radius 1 is 0.938 bits per heavy atom. The Morgan fingerprint density at radius 2 is 1.66 bits per heavy atom. The number of aromatic nitrogens is 3. The van der Waals surface area contributed by atoms with Gasteiger partial charge in [0.05, 0.1) is 10.6 Å². The Labute approximate surface area is 188 Å². The van der Waals surface area contributed by atoms with Crippen LogP contribution in [0.5, 0.6) is 0 Å². The fourth-order valence-electron chi connectivity index (χ4n) is 2.92. The zero-order chi connectivity index (χ0) is 22.7. The maximum Gasteiger partial charge on any atom is 0.326 e. The van der Waals surface area contributed by atoms with Crippen LogP contribution in [-0.2, 0) is 10.0 Å². The molecule has 0 atom stereocenters. The van der Waals surface area contributed by atoms with Gasteiger partial charge >= 0.3 is 6.03 Å². The van der Waals surface area contributed by atoms with E-state index in [1.165, 1.54) is 24.3 Å². The Kier molecular flexibility index (Phi) is 5.91. The molecule has 0 aliphatic rings. The summed E-state index contributed by atoms with van der Waals surface area (Å²) in [4.78, 5) is 16.8. The molecule has 9 nitrogen and oxygen atoms in total. The second kappa shape index (κ2) is 8.79. The van der Waals surface area contributed by atoms with Crippen molar-refractivity contribution in [2.45, 2.75) is 4.90 Å². The molecule has 0 spiro atoms. The minimum absolute atomic E-state index is 0.0545. The first-order valence-electron chi connectivity index (χ1n) is 9.29. The Bertz CT molecular complexity index is 1370. The molecule has 4 aromatic rings. The van der Waals surface area contributed by atoms with Gasteiger partial charge in [0.15, 0.2) is 5.82 Å². The summed E-state index contributed by atoms with van der Waals surface area (Å²) < 4.78 is 24.6. The number of nitrogens with zero attached hydrogens (tertiary/aromatic N) is 3. The van der Waals surface area contributed by atoms with Crippen LogP contribution in [0.1, 0.15) is 0 Å². The van der Waals surface area contributed by atoms with Gasteiger partial charge in [-0.2, -0.15) is 4.98 Å². The Hall–Kier alpha value is -3.73. The quantitative estimate of drug-likeness (QED) is 0.409. The topological polar surface area (TPSA) is 132 Å². The summed E-state index contributed by atoms with van der Waals surface area (Å²) in [5, 5.41) is 15.2. The van der Waals surface area contributed by atoms with Crippen LogP contribution in [-0.4, -0.2) is 29.2 Å². The second-order valence-corrected chi connectivity index (χ2v) is 8.66. The van der Waals surface area contributed by atoms with Gasteiger partial charge in [0.1, 0.15) is 0 Å². The average Bonchev–Trinajstić information content (AvgIpc) is 3.18. The van der Waals surface area contributed by atoms with Gasteiger partial charge in [0.2, 0.25) is 10.0 Å². The highest BCUT2D eigenvalue weighted by molar-refractivity contribution is 7.89. The van der Waals surface area contributed by atoms with Crippen molar-refractivity contribution in [3.63, 3.8) is 0 Å². The van der Waals surface area contributed by atoms with Crippen LogP contribution in [0.3, 0.4) is 0 Å². The number of anilines is 2. The van der Waals surface area contributed by atoms with E-state index in [0.717, 1.165) is 5.56 Å². The molecule has 4 N–H and O–H groups in total. The molecule has 0 saturated carbocycles. The number of sulfonamides is 1. The number of primary sulfonamides is 1. The van der Waals surface area contributed by atoms with Gasteiger partial charge in [-0.05, 0) is 42.5 Å². The average molecular weight is 469 g/mol. The molecular weight excluding hydrogens is 452 g/mol. The largest absolute Gasteiger partial charge is 0.326 e. The Balaban J connectivity index is 1.62. The number of amides is 2. The molecule has 162 valence electrons. The summed E-state index contributed by atoms with van der Waals surface area (Å²) in [5.74, 6) is 0.568. The van der Waals surface area contributed by atoms with Crippen molar-refractivity contribution in [3.05, 3.63) is 83.9 Å². The van der Waals surface area contributed by atoms with Crippen molar-refractivity contribution in [1.82, 2.24) is 14.8 Å². The first kappa shape index (κ1) is 21.5. The smallest absolute Gasteiger partial charge is 0.308 e. The molecule has 1 aromatic heterocycles. The third-order valence-electron chi connectivity index (χ3n) is 4.36. The Morgan fingerprint density at radius 3 is 2.34 bits per heavy atom. The number of nitrogens with two attached hydrogens (primary N) is 1. The van der Waals surface area contributed by atoms with Crippen LogP contribution < -0.4 is 15.8 Å². The summed E-state index contributed by atoms with van der Waals surface area (Å²) in [6.07, 6.45) is 0. The lowest BCUT2D eigenvalue weighted by Gasteiger charge is -2.06. The summed E-state index contributed by atoms with van der Waals surface area (Å²) in [7, 11) is -3.90. The molecule has 4 rings (SSSR count). The second-order valence-electron chi connectivity index (χ2n) is 6.67. The molecule has 2 amide bonds. The molecular formula is C21H17ClN6O3S. The van der Waals surface area contributed by atoms with Gasteiger partial charge in [-0.15, -0.1) is 5.10 Å². The third kappa shape index (κ3) is 4.94. The molecule has 0 bridgehead atoms. The lowest BCUT2D eigenvalue weighted by molar-refractivity contribution is 0.262. The molecule has 0 fully saturated rings. The van der Waals surface area contributed by atoms with Crippen molar-refractivity contribution in [2.24, 2.45) is 5.14 Å². The number of urea groups is 1. The van der Waals surface area contributed by atoms with Gasteiger partial charge in [-0.1, -0.05) is 48.0 Å². The van der Waals surface area contributed by atoms with Crippen LogP contribution >= 0.6 is 11.6 Å². The van der Waals surface area contributed by atoms with Crippen LogP contribution in [0, 0.1) is 0 Å². The number of carbonyl (C=O) groups is 1. The predicted molar refractivity (Wildman–Crippen MR) is 122 cm³/mol. The van der Waals surface area contributed by atoms with E-state index in [1.54, 1.807) is 28.9 Å². The summed E-state index contributed by atoms with van der Waals surface area (Å²) >= 11 is 5.99. The molecule has 11 heteroatoms. The lowest BCUT2D eigenvalue weighted by Crippen LogP contribution is -2.21. The number of hydrogen-bond acceptors (Lipinski definition) is 5. The molecule has 0 radical (unpaired) electrons. The number of halogens is 1. The summed E-state index contributed by atoms with van der Waals surface area (Å²) in [6, 6.07) is 21.3. The van der Waals surface area contributed by atoms with E-state index in [-0.39, 0.29) is 16.5 Å². The number of nitrogens with one attached hydrogen (secondary N) is 2. The molecule has 3 aromatic carbocycles. The van der Waals surface area contributed by atoms with Crippen molar-refractivity contribution >= 4 is 39.3 Å². The third-order valence-corrected chi connectivity index (χ3v) is 5.52. The highest BCUT2D eigenvalue weighted by atomic mass is 35.5. The maximum absolute atomic E-state index is 12.5. The van der Waals surface area contributed by atoms with Gasteiger partial charge in [-0.3, -0.25) is 5.32 Å². The number of carbonyl (C=O) groups excluding carboxylic acids is 1. The standard InChI is InChI=1S/C21H17ClN6O3S/c22-15-9-11-17(12-10-15)28-19(14-5-2-1-3-6-14)25-20(27-28)26-21(29)24-16-7-4-8-18(13-16)32(23,30)31/h1-13H,(H2,23,30,31)(H2,24,26,27,29). The van der Waals surface area contributed by atoms with Gasteiger partial charge in [0.25, 0.3) is 5.95 Å². The van der Waals surface area contributed by atoms with E-state index in [2.05, 4.69) is 20.7 Å². The normalized spacial score (nSPS) is 11.2. The number of benzene rings is 3. The van der Waals surface area contributed by atoms with Crippen molar-refractivity contribution < 1.29 is 13.2 Å². The van der Waals surface area contributed by atoms with E-state index in [0.29, 0.717) is 16.5 Å². The van der Waals surface area contributed by atoms with E-state index in [1.807, 2.05) is 30.3 Å². The summed E-state index contributed by atoms with van der Waals surface area (Å²) in [6.45, 7) is 0. The maximum atomic E-state index is 12.5. The van der Waals surface area contributed by atoms with E-state index in [4.69, 9.17) is 16.7 Å². The number of rotatable bonds is 5. The van der Waals surface area contributed by atoms with Gasteiger partial charge in [-0.25, -0.2) is 23.0 Å². The summed E-state index contributed by atoms with van der Waals surface area (Å²) in [5.41, 5.74) is 1.74. The first-order chi connectivity index (χ1) is 15.3. The first-order valence-corrected chi connectivity index (χ1v) is 11.2. The highest BCUT2D eigenvalue weighted by Crippen LogP contribution is 2.24. The molecule has 0 aliphatic carbocycles. The monoisotopic (exact) mass is 468 g/mol. The SMILES string of the molecule is NS(=O)(=O)c1cccc(NC(=O)Nc2nc(-c3ccccc3)n(-c3ccc(Cl)cc3)n2)c1. The van der Waals surface area contributed by atoms with Crippen molar-refractivity contribution in [3.8, 4) is 17.1 Å². The van der Waals surface area contributed by atoms with Gasteiger partial charge in [0, 0.05) is 16.3 Å². The molecule has 1 heterocycles. The van der Waals surface area contributed by atoms with Gasteiger partial charge < -0.3 is 5.32 Å². The van der Waals surface area contributed by atoms with E-state index >= 15 is 0 Å². The molecule has 0 saturated heterocycles. The zero-order valence-corrected chi connectivity index (χ0v) is 18.0. The van der Waals surface area contributed by atoms with Crippen molar-refractivity contribution in [2.75, 3.05) is 10.6 Å². The van der Waals surface area contributed by atoms with Crippen LogP contribution in [0.15, 0.2) is 83.8 Å². The van der Waals surface area contributed by atoms with Crippen LogP contribution in [0.2, 0.25) is 5.02 Å². The van der Waals surface area contributed by atoms with Crippen LogP contribution in [0.25, 0.3) is 17.1 Å².